The highest BCUT2D eigenvalue weighted by Gasteiger charge is 2.12. The van der Waals surface area contributed by atoms with Crippen LogP contribution in [0, 0.1) is 5.92 Å². The van der Waals surface area contributed by atoms with Gasteiger partial charge in [-0.1, -0.05) is 13.8 Å². The minimum atomic E-state index is -0.535. The Balaban J connectivity index is 2.60. The monoisotopic (exact) mass is 264 g/mol. The van der Waals surface area contributed by atoms with Gasteiger partial charge >= 0.3 is 0 Å². The smallest absolute Gasteiger partial charge is 0.255 e. The summed E-state index contributed by atoms with van der Waals surface area (Å²) in [5.41, 5.74) is 5.53. The number of nitrogens with two attached hydrogens (primary N) is 1. The topological polar surface area (TPSA) is 81.4 Å². The van der Waals surface area contributed by atoms with E-state index in [-0.39, 0.29) is 18.6 Å². The van der Waals surface area contributed by atoms with Gasteiger partial charge in [-0.15, -0.1) is 0 Å². The molecule has 0 bridgehead atoms. The van der Waals surface area contributed by atoms with E-state index in [1.165, 1.54) is 0 Å². The quantitative estimate of drug-likeness (QED) is 0.813. The number of hydrogen-bond acceptors (Lipinski definition) is 3. The summed E-state index contributed by atoms with van der Waals surface area (Å²) in [4.78, 5) is 22.5. The fourth-order valence-corrected chi connectivity index (χ4v) is 1.31. The molecule has 19 heavy (non-hydrogen) atoms. The average molecular weight is 264 g/mol. The molecule has 3 N–H and O–H groups in total. The van der Waals surface area contributed by atoms with Crippen LogP contribution >= 0.6 is 0 Å². The van der Waals surface area contributed by atoms with Crippen LogP contribution in [0.4, 0.5) is 0 Å². The molecule has 1 aromatic carbocycles. The Labute approximate surface area is 113 Å². The molecule has 0 aliphatic rings. The number of rotatable bonds is 6. The van der Waals surface area contributed by atoms with Gasteiger partial charge in [0.2, 0.25) is 0 Å². The summed E-state index contributed by atoms with van der Waals surface area (Å²) in [7, 11) is 0. The Kier molecular flexibility index (Phi) is 5.36. The van der Waals surface area contributed by atoms with Gasteiger partial charge in [-0.25, -0.2) is 0 Å². The molecular formula is C14H20N2O3. The van der Waals surface area contributed by atoms with Crippen LogP contribution in [0.5, 0.6) is 5.75 Å². The molecule has 0 heterocycles. The molecule has 0 saturated heterocycles. The van der Waals surface area contributed by atoms with Gasteiger partial charge < -0.3 is 15.8 Å². The van der Waals surface area contributed by atoms with E-state index in [1.54, 1.807) is 24.3 Å². The highest BCUT2D eigenvalue weighted by Crippen LogP contribution is 2.12. The van der Waals surface area contributed by atoms with E-state index in [0.717, 1.165) is 0 Å². The molecular weight excluding hydrogens is 244 g/mol. The molecule has 1 aromatic rings. The fourth-order valence-electron chi connectivity index (χ4n) is 1.31. The first kappa shape index (κ1) is 15.0. The zero-order valence-corrected chi connectivity index (χ0v) is 11.5. The molecule has 0 aliphatic heterocycles. The van der Waals surface area contributed by atoms with Crippen molar-refractivity contribution in [1.29, 1.82) is 0 Å². The van der Waals surface area contributed by atoms with Crippen LogP contribution in [0.15, 0.2) is 24.3 Å². The molecule has 5 heteroatoms. The fraction of sp³-hybridized carbons (Fsp3) is 0.429. The zero-order valence-electron chi connectivity index (χ0n) is 11.5. The second-order valence-electron chi connectivity index (χ2n) is 4.79. The standard InChI is InChI=1S/C14H20N2O3/c1-9(2)10(3)16-14(18)11-4-6-12(7-5-11)19-8-13(15)17/h4-7,9-10H,8H2,1-3H3,(H2,15,17)(H,16,18). The van der Waals surface area contributed by atoms with Crippen molar-refractivity contribution in [2.24, 2.45) is 11.7 Å². The molecule has 2 amide bonds. The van der Waals surface area contributed by atoms with Crippen molar-refractivity contribution >= 4 is 11.8 Å². The van der Waals surface area contributed by atoms with E-state index >= 15 is 0 Å². The van der Waals surface area contributed by atoms with E-state index in [4.69, 9.17) is 10.5 Å². The molecule has 1 rings (SSSR count). The summed E-state index contributed by atoms with van der Waals surface area (Å²) < 4.78 is 5.12. The van der Waals surface area contributed by atoms with Crippen LogP contribution in [0.25, 0.3) is 0 Å². The first-order chi connectivity index (χ1) is 8.90. The van der Waals surface area contributed by atoms with Gasteiger partial charge in [0.15, 0.2) is 6.61 Å². The minimum absolute atomic E-state index is 0.110. The van der Waals surface area contributed by atoms with Crippen LogP contribution in [0.3, 0.4) is 0 Å². The number of hydrogen-bond donors (Lipinski definition) is 2. The number of primary amides is 1. The number of carbonyl (C=O) groups is 2. The molecule has 0 saturated carbocycles. The third-order valence-corrected chi connectivity index (χ3v) is 2.86. The van der Waals surface area contributed by atoms with Crippen molar-refractivity contribution in [3.05, 3.63) is 29.8 Å². The highest BCUT2D eigenvalue weighted by molar-refractivity contribution is 5.94. The maximum Gasteiger partial charge on any atom is 0.255 e. The van der Waals surface area contributed by atoms with Gasteiger partial charge in [0.25, 0.3) is 11.8 Å². The Morgan fingerprint density at radius 3 is 2.26 bits per heavy atom. The SMILES string of the molecule is CC(C)C(C)NC(=O)c1ccc(OCC(N)=O)cc1. The highest BCUT2D eigenvalue weighted by atomic mass is 16.5. The maximum atomic E-state index is 11.9. The molecule has 1 atom stereocenters. The van der Waals surface area contributed by atoms with Crippen molar-refractivity contribution in [3.63, 3.8) is 0 Å². The largest absolute Gasteiger partial charge is 0.484 e. The molecule has 0 fully saturated rings. The third kappa shape index (κ3) is 4.99. The van der Waals surface area contributed by atoms with Crippen LogP contribution in [-0.2, 0) is 4.79 Å². The number of nitrogens with one attached hydrogen (secondary N) is 1. The minimum Gasteiger partial charge on any atom is -0.484 e. The van der Waals surface area contributed by atoms with Crippen molar-refractivity contribution in [2.45, 2.75) is 26.8 Å². The predicted octanol–water partition coefficient (Wildman–Crippen LogP) is 1.32. The molecule has 0 radical (unpaired) electrons. The Hall–Kier alpha value is -2.04. The third-order valence-electron chi connectivity index (χ3n) is 2.86. The predicted molar refractivity (Wildman–Crippen MR) is 72.9 cm³/mol. The van der Waals surface area contributed by atoms with E-state index < -0.39 is 5.91 Å². The van der Waals surface area contributed by atoms with E-state index in [9.17, 15) is 9.59 Å². The van der Waals surface area contributed by atoms with Crippen LogP contribution < -0.4 is 15.8 Å². The molecule has 0 aliphatic carbocycles. The lowest BCUT2D eigenvalue weighted by Crippen LogP contribution is -2.36. The lowest BCUT2D eigenvalue weighted by atomic mass is 10.1. The lowest BCUT2D eigenvalue weighted by molar-refractivity contribution is -0.119. The zero-order chi connectivity index (χ0) is 14.4. The van der Waals surface area contributed by atoms with Crippen LogP contribution in [0.2, 0.25) is 0 Å². The molecule has 0 aromatic heterocycles. The van der Waals surface area contributed by atoms with Crippen molar-refractivity contribution in [2.75, 3.05) is 6.61 Å². The van der Waals surface area contributed by atoms with E-state index in [2.05, 4.69) is 5.32 Å². The summed E-state index contributed by atoms with van der Waals surface area (Å²) in [5.74, 6) is 0.226. The molecule has 5 nitrogen and oxygen atoms in total. The lowest BCUT2D eigenvalue weighted by Gasteiger charge is -2.17. The van der Waals surface area contributed by atoms with Gasteiger partial charge in [-0.05, 0) is 37.1 Å². The maximum absolute atomic E-state index is 11.9. The van der Waals surface area contributed by atoms with Gasteiger partial charge in [0, 0.05) is 11.6 Å². The summed E-state index contributed by atoms with van der Waals surface area (Å²) in [6, 6.07) is 6.69. The number of ether oxygens (including phenoxy) is 1. The second kappa shape index (κ2) is 6.78. The first-order valence-corrected chi connectivity index (χ1v) is 6.22. The molecule has 0 spiro atoms. The number of benzene rings is 1. The summed E-state index contributed by atoms with van der Waals surface area (Å²) >= 11 is 0. The Morgan fingerprint density at radius 2 is 1.79 bits per heavy atom. The molecule has 104 valence electrons. The second-order valence-corrected chi connectivity index (χ2v) is 4.79. The van der Waals surface area contributed by atoms with Crippen molar-refractivity contribution in [1.82, 2.24) is 5.32 Å². The van der Waals surface area contributed by atoms with Crippen LogP contribution in [0.1, 0.15) is 31.1 Å². The van der Waals surface area contributed by atoms with E-state index in [0.29, 0.717) is 17.2 Å². The Morgan fingerprint density at radius 1 is 1.21 bits per heavy atom. The normalized spacial score (nSPS) is 12.0. The summed E-state index contributed by atoms with van der Waals surface area (Å²) in [6.07, 6.45) is 0. The van der Waals surface area contributed by atoms with Gasteiger partial charge in [-0.2, -0.15) is 0 Å². The van der Waals surface area contributed by atoms with Gasteiger partial charge in [-0.3, -0.25) is 9.59 Å². The van der Waals surface area contributed by atoms with Crippen LogP contribution in [-0.4, -0.2) is 24.5 Å². The average Bonchev–Trinajstić information content (AvgIpc) is 2.36. The van der Waals surface area contributed by atoms with E-state index in [1.807, 2.05) is 20.8 Å². The Bertz CT molecular complexity index is 441. The number of carbonyl (C=O) groups excluding carboxylic acids is 2. The summed E-state index contributed by atoms with van der Waals surface area (Å²) in [6.45, 7) is 5.89. The molecule has 1 unspecified atom stereocenters. The van der Waals surface area contributed by atoms with Crippen molar-refractivity contribution < 1.29 is 14.3 Å². The summed E-state index contributed by atoms with van der Waals surface area (Å²) in [5, 5.41) is 2.91. The van der Waals surface area contributed by atoms with Crippen molar-refractivity contribution in [3.8, 4) is 5.75 Å². The first-order valence-electron chi connectivity index (χ1n) is 6.22. The van der Waals surface area contributed by atoms with Gasteiger partial charge in [0.05, 0.1) is 0 Å². The van der Waals surface area contributed by atoms with Gasteiger partial charge in [0.1, 0.15) is 5.75 Å². The number of amides is 2.